The molecule has 1 saturated carbocycles. The smallest absolute Gasteiger partial charge is 0.191 e. The van der Waals surface area contributed by atoms with E-state index in [1.807, 2.05) is 7.05 Å². The van der Waals surface area contributed by atoms with Gasteiger partial charge in [0, 0.05) is 24.4 Å². The molecular formula is C17H30N4S. The molecule has 2 N–H and O–H groups in total. The van der Waals surface area contributed by atoms with Crippen molar-refractivity contribution in [3.8, 4) is 0 Å². The van der Waals surface area contributed by atoms with Crippen molar-refractivity contribution in [3.63, 3.8) is 0 Å². The molecule has 4 nitrogen and oxygen atoms in total. The summed E-state index contributed by atoms with van der Waals surface area (Å²) in [5.74, 6) is 2.99. The van der Waals surface area contributed by atoms with Crippen molar-refractivity contribution in [2.75, 3.05) is 7.05 Å². The van der Waals surface area contributed by atoms with Gasteiger partial charge in [0.2, 0.25) is 0 Å². The van der Waals surface area contributed by atoms with Gasteiger partial charge in [-0.1, -0.05) is 27.7 Å². The average Bonchev–Trinajstić information content (AvgIpc) is 2.91. The van der Waals surface area contributed by atoms with E-state index < -0.39 is 0 Å². The molecule has 2 rings (SSSR count). The lowest BCUT2D eigenvalue weighted by atomic mass is 9.80. The first kappa shape index (κ1) is 17.3. The van der Waals surface area contributed by atoms with Crippen LogP contribution in [0.4, 0.5) is 0 Å². The number of aliphatic imine (C=N–C) groups is 1. The fourth-order valence-corrected chi connectivity index (χ4v) is 4.13. The zero-order valence-electron chi connectivity index (χ0n) is 14.5. The van der Waals surface area contributed by atoms with E-state index in [2.05, 4.69) is 53.7 Å². The standard InChI is InChI=1S/C17H30N4S/c1-11(2)16-20-15(10-22-16)9-19-17(18-5)21-14-7-12(3)6-13(4)8-14/h10-14H,6-9H2,1-5H3,(H2,18,19,21). The predicted molar refractivity (Wildman–Crippen MR) is 95.5 cm³/mol. The minimum absolute atomic E-state index is 0.501. The second-order valence-corrected chi connectivity index (χ2v) is 7.91. The van der Waals surface area contributed by atoms with Crippen molar-refractivity contribution < 1.29 is 0 Å². The van der Waals surface area contributed by atoms with E-state index in [0.717, 1.165) is 30.0 Å². The number of hydrogen-bond donors (Lipinski definition) is 2. The number of rotatable bonds is 4. The molecule has 124 valence electrons. The van der Waals surface area contributed by atoms with E-state index >= 15 is 0 Å². The van der Waals surface area contributed by atoms with Crippen LogP contribution in [0.25, 0.3) is 0 Å². The van der Waals surface area contributed by atoms with Crippen molar-refractivity contribution in [3.05, 3.63) is 16.1 Å². The molecule has 0 aromatic carbocycles. The first-order valence-corrected chi connectivity index (χ1v) is 9.27. The van der Waals surface area contributed by atoms with E-state index in [1.54, 1.807) is 11.3 Å². The molecule has 0 radical (unpaired) electrons. The summed E-state index contributed by atoms with van der Waals surface area (Å²) in [7, 11) is 1.84. The van der Waals surface area contributed by atoms with Crippen molar-refractivity contribution in [2.45, 2.75) is 65.5 Å². The minimum Gasteiger partial charge on any atom is -0.354 e. The zero-order valence-corrected chi connectivity index (χ0v) is 15.3. The lowest BCUT2D eigenvalue weighted by Gasteiger charge is -2.32. The summed E-state index contributed by atoms with van der Waals surface area (Å²) >= 11 is 1.74. The molecule has 0 saturated heterocycles. The molecule has 0 bridgehead atoms. The monoisotopic (exact) mass is 322 g/mol. The molecule has 2 atom stereocenters. The highest BCUT2D eigenvalue weighted by Gasteiger charge is 2.24. The molecule has 5 heteroatoms. The third kappa shape index (κ3) is 4.97. The van der Waals surface area contributed by atoms with Gasteiger partial charge < -0.3 is 10.6 Å². The SMILES string of the molecule is CN=C(NCc1csc(C(C)C)n1)NC1CC(C)CC(C)C1. The molecule has 1 aliphatic carbocycles. The van der Waals surface area contributed by atoms with E-state index in [1.165, 1.54) is 24.3 Å². The Labute approximate surface area is 138 Å². The number of hydrogen-bond acceptors (Lipinski definition) is 3. The van der Waals surface area contributed by atoms with E-state index in [9.17, 15) is 0 Å². The van der Waals surface area contributed by atoms with Crippen LogP contribution in [0.15, 0.2) is 10.4 Å². The highest BCUT2D eigenvalue weighted by Crippen LogP contribution is 2.28. The van der Waals surface area contributed by atoms with Crippen LogP contribution in [0.2, 0.25) is 0 Å². The Morgan fingerprint density at radius 1 is 1.32 bits per heavy atom. The Kier molecular flexibility index (Phi) is 6.24. The topological polar surface area (TPSA) is 49.3 Å². The second kappa shape index (κ2) is 7.95. The van der Waals surface area contributed by atoms with Gasteiger partial charge >= 0.3 is 0 Å². The highest BCUT2D eigenvalue weighted by atomic mass is 32.1. The van der Waals surface area contributed by atoms with Crippen molar-refractivity contribution in [2.24, 2.45) is 16.8 Å². The van der Waals surface area contributed by atoms with Gasteiger partial charge in [-0.15, -0.1) is 11.3 Å². The van der Waals surface area contributed by atoms with E-state index in [4.69, 9.17) is 0 Å². The fraction of sp³-hybridized carbons (Fsp3) is 0.765. The van der Waals surface area contributed by atoms with Crippen LogP contribution in [0.5, 0.6) is 0 Å². The third-order valence-electron chi connectivity index (χ3n) is 4.24. The number of nitrogens with one attached hydrogen (secondary N) is 2. The molecule has 2 unspecified atom stereocenters. The van der Waals surface area contributed by atoms with Gasteiger partial charge in [-0.2, -0.15) is 0 Å². The molecule has 1 aliphatic rings. The maximum absolute atomic E-state index is 4.66. The van der Waals surface area contributed by atoms with Crippen molar-refractivity contribution in [1.82, 2.24) is 15.6 Å². The number of nitrogens with zero attached hydrogens (tertiary/aromatic N) is 2. The molecular weight excluding hydrogens is 292 g/mol. The van der Waals surface area contributed by atoms with Gasteiger partial charge in [0.25, 0.3) is 0 Å². The maximum atomic E-state index is 4.66. The summed E-state index contributed by atoms with van der Waals surface area (Å²) < 4.78 is 0. The lowest BCUT2D eigenvalue weighted by molar-refractivity contribution is 0.255. The Morgan fingerprint density at radius 2 is 2.00 bits per heavy atom. The quantitative estimate of drug-likeness (QED) is 0.655. The fourth-order valence-electron chi connectivity index (χ4n) is 3.30. The summed E-state index contributed by atoms with van der Waals surface area (Å²) in [5, 5.41) is 10.3. The zero-order chi connectivity index (χ0) is 16.1. The van der Waals surface area contributed by atoms with Gasteiger partial charge in [0.1, 0.15) is 0 Å². The van der Waals surface area contributed by atoms with Crippen molar-refractivity contribution in [1.29, 1.82) is 0 Å². The second-order valence-electron chi connectivity index (χ2n) is 7.02. The highest BCUT2D eigenvalue weighted by molar-refractivity contribution is 7.09. The van der Waals surface area contributed by atoms with Gasteiger partial charge in [0.05, 0.1) is 17.2 Å². The Morgan fingerprint density at radius 3 is 2.55 bits per heavy atom. The molecule has 1 aromatic rings. The third-order valence-corrected chi connectivity index (χ3v) is 5.44. The van der Waals surface area contributed by atoms with Crippen LogP contribution in [0.3, 0.4) is 0 Å². The molecule has 0 spiro atoms. The number of aromatic nitrogens is 1. The summed E-state index contributed by atoms with van der Waals surface area (Å²) in [6, 6.07) is 0.534. The molecule has 1 heterocycles. The lowest BCUT2D eigenvalue weighted by Crippen LogP contribution is -2.46. The number of thiazole rings is 1. The summed E-state index contributed by atoms with van der Waals surface area (Å²) in [6.07, 6.45) is 3.82. The van der Waals surface area contributed by atoms with Gasteiger partial charge in [-0.05, 0) is 31.1 Å². The van der Waals surface area contributed by atoms with Crippen LogP contribution in [-0.4, -0.2) is 24.0 Å². The van der Waals surface area contributed by atoms with E-state index in [-0.39, 0.29) is 0 Å². The van der Waals surface area contributed by atoms with Gasteiger partial charge in [-0.3, -0.25) is 4.99 Å². The van der Waals surface area contributed by atoms with Crippen LogP contribution in [0.1, 0.15) is 63.6 Å². The van der Waals surface area contributed by atoms with Gasteiger partial charge in [0.15, 0.2) is 5.96 Å². The number of guanidine groups is 1. The van der Waals surface area contributed by atoms with Crippen LogP contribution >= 0.6 is 11.3 Å². The maximum Gasteiger partial charge on any atom is 0.191 e. The molecule has 1 fully saturated rings. The summed E-state index contributed by atoms with van der Waals surface area (Å²) in [5.41, 5.74) is 1.10. The molecule has 1 aromatic heterocycles. The molecule has 0 amide bonds. The van der Waals surface area contributed by atoms with Crippen LogP contribution in [0, 0.1) is 11.8 Å². The first-order valence-electron chi connectivity index (χ1n) is 8.39. The van der Waals surface area contributed by atoms with Gasteiger partial charge in [-0.25, -0.2) is 4.98 Å². The van der Waals surface area contributed by atoms with E-state index in [0.29, 0.717) is 12.0 Å². The predicted octanol–water partition coefficient (Wildman–Crippen LogP) is 3.76. The summed E-state index contributed by atoms with van der Waals surface area (Å²) in [6.45, 7) is 9.80. The minimum atomic E-state index is 0.501. The summed E-state index contributed by atoms with van der Waals surface area (Å²) in [4.78, 5) is 9.02. The van der Waals surface area contributed by atoms with Crippen LogP contribution in [-0.2, 0) is 6.54 Å². The van der Waals surface area contributed by atoms with Crippen LogP contribution < -0.4 is 10.6 Å². The first-order chi connectivity index (χ1) is 10.5. The Bertz CT molecular complexity index is 485. The molecule has 0 aliphatic heterocycles. The molecule has 22 heavy (non-hydrogen) atoms. The largest absolute Gasteiger partial charge is 0.354 e. The Hall–Kier alpha value is -1.10. The average molecular weight is 323 g/mol. The Balaban J connectivity index is 1.84. The normalized spacial score (nSPS) is 26.3. The van der Waals surface area contributed by atoms with Crippen molar-refractivity contribution >= 4 is 17.3 Å².